The minimum atomic E-state index is 0.242. The quantitative estimate of drug-likeness (QED) is 0.837. The molecule has 0 aromatic heterocycles. The van der Waals surface area contributed by atoms with Crippen LogP contribution in [0.5, 0.6) is 0 Å². The number of benzene rings is 1. The molecular formula is C19H28N2O. The summed E-state index contributed by atoms with van der Waals surface area (Å²) >= 11 is 0. The number of hydrogen-bond donors (Lipinski definition) is 0. The van der Waals surface area contributed by atoms with E-state index in [-0.39, 0.29) is 5.91 Å². The molecule has 0 unspecified atom stereocenters. The number of rotatable bonds is 2. The van der Waals surface area contributed by atoms with Crippen LogP contribution < -0.4 is 0 Å². The van der Waals surface area contributed by atoms with E-state index in [2.05, 4.69) is 36.1 Å². The first kappa shape index (κ1) is 15.5. The van der Waals surface area contributed by atoms with Crippen LogP contribution in [-0.4, -0.2) is 41.9 Å². The van der Waals surface area contributed by atoms with E-state index in [0.717, 1.165) is 19.6 Å². The smallest absolute Gasteiger partial charge is 0.219 e. The Kier molecular flexibility index (Phi) is 4.53. The van der Waals surface area contributed by atoms with Crippen molar-refractivity contribution >= 4 is 5.91 Å². The van der Waals surface area contributed by atoms with E-state index in [1.807, 2.05) is 4.90 Å². The Balaban J connectivity index is 1.50. The third kappa shape index (κ3) is 3.52. The van der Waals surface area contributed by atoms with Gasteiger partial charge in [0, 0.05) is 26.6 Å². The van der Waals surface area contributed by atoms with Crippen LogP contribution in [0, 0.1) is 12.3 Å². The van der Waals surface area contributed by atoms with Gasteiger partial charge in [-0.15, -0.1) is 0 Å². The molecule has 2 fully saturated rings. The minimum Gasteiger partial charge on any atom is -0.343 e. The Labute approximate surface area is 134 Å². The normalized spacial score (nSPS) is 22.0. The molecule has 2 aliphatic rings. The van der Waals surface area contributed by atoms with E-state index < -0.39 is 0 Å². The molecule has 2 saturated heterocycles. The molecular weight excluding hydrogens is 272 g/mol. The predicted molar refractivity (Wildman–Crippen MR) is 89.6 cm³/mol. The molecule has 22 heavy (non-hydrogen) atoms. The van der Waals surface area contributed by atoms with Gasteiger partial charge in [0.2, 0.25) is 5.91 Å². The molecule has 1 spiro atoms. The molecule has 2 heterocycles. The fourth-order valence-corrected chi connectivity index (χ4v) is 3.93. The summed E-state index contributed by atoms with van der Waals surface area (Å²) in [6, 6.07) is 8.92. The molecule has 3 nitrogen and oxygen atoms in total. The number of hydrogen-bond acceptors (Lipinski definition) is 2. The van der Waals surface area contributed by atoms with Crippen LogP contribution in [0.25, 0.3) is 0 Å². The van der Waals surface area contributed by atoms with Crippen LogP contribution in [0.1, 0.15) is 43.7 Å². The molecule has 0 N–H and O–H groups in total. The fourth-order valence-electron chi connectivity index (χ4n) is 3.93. The highest BCUT2D eigenvalue weighted by Gasteiger charge is 2.37. The molecule has 1 aromatic carbocycles. The first-order chi connectivity index (χ1) is 10.6. The van der Waals surface area contributed by atoms with Gasteiger partial charge in [-0.2, -0.15) is 0 Å². The highest BCUT2D eigenvalue weighted by Crippen LogP contribution is 2.41. The summed E-state index contributed by atoms with van der Waals surface area (Å²) < 4.78 is 0. The van der Waals surface area contributed by atoms with Gasteiger partial charge >= 0.3 is 0 Å². The molecule has 1 amide bonds. The zero-order chi connectivity index (χ0) is 15.6. The van der Waals surface area contributed by atoms with Crippen molar-refractivity contribution in [1.29, 1.82) is 0 Å². The summed E-state index contributed by atoms with van der Waals surface area (Å²) in [5.41, 5.74) is 3.27. The van der Waals surface area contributed by atoms with Crippen LogP contribution in [0.2, 0.25) is 0 Å². The van der Waals surface area contributed by atoms with Gasteiger partial charge in [0.25, 0.3) is 0 Å². The molecule has 0 bridgehead atoms. The van der Waals surface area contributed by atoms with Crippen molar-refractivity contribution < 1.29 is 4.79 Å². The second-order valence-electron chi connectivity index (χ2n) is 7.27. The third-order valence-corrected chi connectivity index (χ3v) is 5.71. The lowest BCUT2D eigenvalue weighted by Gasteiger charge is -2.46. The SMILES string of the molecule is CC(=O)N1CCC2(CCN(Cc3ccc(C)cc3)CC2)CC1. The number of piperidine rings is 2. The molecule has 3 rings (SSSR count). The van der Waals surface area contributed by atoms with Crippen molar-refractivity contribution in [3.63, 3.8) is 0 Å². The summed E-state index contributed by atoms with van der Waals surface area (Å²) in [4.78, 5) is 16.1. The maximum Gasteiger partial charge on any atom is 0.219 e. The average Bonchev–Trinajstić information content (AvgIpc) is 2.52. The summed E-state index contributed by atoms with van der Waals surface area (Å²) in [5.74, 6) is 0.242. The number of likely N-dealkylation sites (tertiary alicyclic amines) is 2. The lowest BCUT2D eigenvalue weighted by atomic mass is 9.71. The third-order valence-electron chi connectivity index (χ3n) is 5.71. The topological polar surface area (TPSA) is 23.6 Å². The highest BCUT2D eigenvalue weighted by atomic mass is 16.2. The number of aryl methyl sites for hydroxylation is 1. The summed E-state index contributed by atoms with van der Waals surface area (Å²) in [6.45, 7) is 9.25. The molecule has 120 valence electrons. The molecule has 1 aromatic rings. The van der Waals surface area contributed by atoms with E-state index in [1.165, 1.54) is 49.9 Å². The lowest BCUT2D eigenvalue weighted by molar-refractivity contribution is -0.131. The van der Waals surface area contributed by atoms with E-state index in [0.29, 0.717) is 5.41 Å². The van der Waals surface area contributed by atoms with Gasteiger partial charge in [0.05, 0.1) is 0 Å². The Morgan fingerprint density at radius 1 is 1.00 bits per heavy atom. The monoisotopic (exact) mass is 300 g/mol. The van der Waals surface area contributed by atoms with Crippen molar-refractivity contribution in [2.75, 3.05) is 26.2 Å². The van der Waals surface area contributed by atoms with E-state index in [9.17, 15) is 4.79 Å². The van der Waals surface area contributed by atoms with Gasteiger partial charge in [0.15, 0.2) is 0 Å². The molecule has 0 aliphatic carbocycles. The zero-order valence-corrected chi connectivity index (χ0v) is 14.0. The highest BCUT2D eigenvalue weighted by molar-refractivity contribution is 5.73. The number of carbonyl (C=O) groups excluding carboxylic acids is 1. The Hall–Kier alpha value is -1.35. The largest absolute Gasteiger partial charge is 0.343 e. The van der Waals surface area contributed by atoms with Crippen molar-refractivity contribution in [3.05, 3.63) is 35.4 Å². The molecule has 0 atom stereocenters. The van der Waals surface area contributed by atoms with Gasteiger partial charge in [-0.25, -0.2) is 0 Å². The summed E-state index contributed by atoms with van der Waals surface area (Å²) in [5, 5.41) is 0. The van der Waals surface area contributed by atoms with Crippen LogP contribution in [0.3, 0.4) is 0 Å². The lowest BCUT2D eigenvalue weighted by Crippen LogP contribution is -2.47. The maximum atomic E-state index is 11.5. The molecule has 0 saturated carbocycles. The second kappa shape index (κ2) is 6.41. The van der Waals surface area contributed by atoms with E-state index >= 15 is 0 Å². The average molecular weight is 300 g/mol. The summed E-state index contributed by atoms with van der Waals surface area (Å²) in [7, 11) is 0. The van der Waals surface area contributed by atoms with E-state index in [1.54, 1.807) is 6.92 Å². The van der Waals surface area contributed by atoms with Crippen molar-refractivity contribution in [2.45, 2.75) is 46.1 Å². The zero-order valence-electron chi connectivity index (χ0n) is 14.0. The Bertz CT molecular complexity index is 505. The minimum absolute atomic E-state index is 0.242. The Morgan fingerprint density at radius 3 is 2.09 bits per heavy atom. The van der Waals surface area contributed by atoms with Gasteiger partial charge < -0.3 is 4.90 Å². The van der Waals surface area contributed by atoms with Gasteiger partial charge in [-0.3, -0.25) is 9.69 Å². The second-order valence-corrected chi connectivity index (χ2v) is 7.27. The maximum absolute atomic E-state index is 11.5. The van der Waals surface area contributed by atoms with Crippen LogP contribution in [0.15, 0.2) is 24.3 Å². The first-order valence-electron chi connectivity index (χ1n) is 8.60. The summed E-state index contributed by atoms with van der Waals surface area (Å²) in [6.07, 6.45) is 4.99. The van der Waals surface area contributed by atoms with Gasteiger partial charge in [0.1, 0.15) is 0 Å². The molecule has 3 heteroatoms. The van der Waals surface area contributed by atoms with Crippen LogP contribution in [-0.2, 0) is 11.3 Å². The first-order valence-corrected chi connectivity index (χ1v) is 8.60. The van der Waals surface area contributed by atoms with Crippen LogP contribution >= 0.6 is 0 Å². The number of nitrogens with zero attached hydrogens (tertiary/aromatic N) is 2. The van der Waals surface area contributed by atoms with Crippen molar-refractivity contribution in [2.24, 2.45) is 5.41 Å². The molecule has 2 aliphatic heterocycles. The number of amides is 1. The van der Waals surface area contributed by atoms with Gasteiger partial charge in [-0.05, 0) is 56.7 Å². The standard InChI is InChI=1S/C19H28N2O/c1-16-3-5-18(6-4-16)15-20-11-7-19(8-12-20)9-13-21(14-10-19)17(2)22/h3-6H,7-15H2,1-2H3. The Morgan fingerprint density at radius 2 is 1.55 bits per heavy atom. The molecule has 0 radical (unpaired) electrons. The fraction of sp³-hybridized carbons (Fsp3) is 0.632. The van der Waals surface area contributed by atoms with Gasteiger partial charge in [-0.1, -0.05) is 29.8 Å². The number of carbonyl (C=O) groups is 1. The van der Waals surface area contributed by atoms with Crippen LogP contribution in [0.4, 0.5) is 0 Å². The van der Waals surface area contributed by atoms with E-state index in [4.69, 9.17) is 0 Å². The predicted octanol–water partition coefficient (Wildman–Crippen LogP) is 3.22. The van der Waals surface area contributed by atoms with Crippen molar-refractivity contribution in [1.82, 2.24) is 9.80 Å². The van der Waals surface area contributed by atoms with Crippen molar-refractivity contribution in [3.8, 4) is 0 Å².